The van der Waals surface area contributed by atoms with Crippen LogP contribution in [0.3, 0.4) is 0 Å². The highest BCUT2D eigenvalue weighted by atomic mass is 35.5. The van der Waals surface area contributed by atoms with Gasteiger partial charge in [0, 0.05) is 35.9 Å². The van der Waals surface area contributed by atoms with Gasteiger partial charge in [0.05, 0.1) is 14.2 Å². The van der Waals surface area contributed by atoms with Crippen molar-refractivity contribution in [1.82, 2.24) is 10.3 Å². The molecule has 1 N–H and O–H groups in total. The molecule has 20 heavy (non-hydrogen) atoms. The first-order chi connectivity index (χ1) is 9.74. The molecule has 1 aromatic carbocycles. The van der Waals surface area contributed by atoms with Gasteiger partial charge in [0.2, 0.25) is 5.88 Å². The molecule has 0 aliphatic rings. The number of methoxy groups -OCH3 is 2. The van der Waals surface area contributed by atoms with Crippen LogP contribution in [0.1, 0.15) is 11.1 Å². The zero-order chi connectivity index (χ0) is 14.4. The Hall–Kier alpha value is -1.78. The average molecular weight is 293 g/mol. The van der Waals surface area contributed by atoms with E-state index in [1.54, 1.807) is 20.4 Å². The van der Waals surface area contributed by atoms with Gasteiger partial charge in [-0.1, -0.05) is 23.7 Å². The van der Waals surface area contributed by atoms with E-state index in [4.69, 9.17) is 21.1 Å². The summed E-state index contributed by atoms with van der Waals surface area (Å²) in [6, 6.07) is 9.45. The van der Waals surface area contributed by atoms with E-state index in [9.17, 15) is 0 Å². The van der Waals surface area contributed by atoms with Crippen LogP contribution >= 0.6 is 11.6 Å². The Bertz CT molecular complexity index is 558. The van der Waals surface area contributed by atoms with Crippen LogP contribution in [0.4, 0.5) is 0 Å². The number of rotatable bonds is 6. The molecule has 0 unspecified atom stereocenters. The zero-order valence-corrected chi connectivity index (χ0v) is 12.3. The largest absolute Gasteiger partial charge is 0.496 e. The van der Waals surface area contributed by atoms with Crippen LogP contribution in [0.15, 0.2) is 36.5 Å². The van der Waals surface area contributed by atoms with Gasteiger partial charge in [-0.3, -0.25) is 0 Å². The summed E-state index contributed by atoms with van der Waals surface area (Å²) in [7, 11) is 3.24. The van der Waals surface area contributed by atoms with Crippen LogP contribution in [0.5, 0.6) is 11.6 Å². The fourth-order valence-corrected chi connectivity index (χ4v) is 2.10. The minimum absolute atomic E-state index is 0.613. The van der Waals surface area contributed by atoms with E-state index in [0.29, 0.717) is 24.0 Å². The van der Waals surface area contributed by atoms with Crippen molar-refractivity contribution in [2.45, 2.75) is 13.1 Å². The van der Waals surface area contributed by atoms with E-state index < -0.39 is 0 Å². The van der Waals surface area contributed by atoms with E-state index >= 15 is 0 Å². The van der Waals surface area contributed by atoms with Crippen molar-refractivity contribution in [1.29, 1.82) is 0 Å². The van der Waals surface area contributed by atoms with Gasteiger partial charge in [0.25, 0.3) is 0 Å². The summed E-state index contributed by atoms with van der Waals surface area (Å²) in [4.78, 5) is 4.16. The maximum atomic E-state index is 6.18. The van der Waals surface area contributed by atoms with E-state index in [0.717, 1.165) is 16.9 Å². The maximum absolute atomic E-state index is 6.18. The third-order valence-corrected chi connectivity index (χ3v) is 3.29. The molecule has 0 saturated carbocycles. The molecule has 0 radical (unpaired) electrons. The van der Waals surface area contributed by atoms with Gasteiger partial charge < -0.3 is 14.8 Å². The normalized spacial score (nSPS) is 10.3. The number of halogens is 1. The number of hydrogen-bond acceptors (Lipinski definition) is 4. The first kappa shape index (κ1) is 14.6. The average Bonchev–Trinajstić information content (AvgIpc) is 2.49. The van der Waals surface area contributed by atoms with Gasteiger partial charge in [-0.2, -0.15) is 0 Å². The van der Waals surface area contributed by atoms with Crippen molar-refractivity contribution in [2.75, 3.05) is 14.2 Å². The van der Waals surface area contributed by atoms with Gasteiger partial charge >= 0.3 is 0 Å². The lowest BCUT2D eigenvalue weighted by atomic mass is 10.2. The summed E-state index contributed by atoms with van der Waals surface area (Å²) in [6.07, 6.45) is 1.79. The lowest BCUT2D eigenvalue weighted by molar-refractivity contribution is 0.397. The molecule has 2 aromatic rings. The molecule has 0 fully saturated rings. The quantitative estimate of drug-likeness (QED) is 0.889. The van der Waals surface area contributed by atoms with Gasteiger partial charge in [-0.25, -0.2) is 4.98 Å². The van der Waals surface area contributed by atoms with Crippen LogP contribution in [-0.4, -0.2) is 19.2 Å². The molecule has 106 valence electrons. The van der Waals surface area contributed by atoms with E-state index in [1.165, 1.54) is 0 Å². The monoisotopic (exact) mass is 292 g/mol. The second kappa shape index (κ2) is 7.12. The predicted molar refractivity (Wildman–Crippen MR) is 79.3 cm³/mol. The molecule has 2 rings (SSSR count). The smallest absolute Gasteiger partial charge is 0.212 e. The van der Waals surface area contributed by atoms with Crippen molar-refractivity contribution >= 4 is 11.6 Å². The molecule has 4 nitrogen and oxygen atoms in total. The molecule has 1 heterocycles. The lowest BCUT2D eigenvalue weighted by Gasteiger charge is -2.11. The first-order valence-corrected chi connectivity index (χ1v) is 6.63. The molecule has 5 heteroatoms. The molecular weight excluding hydrogens is 276 g/mol. The Kier molecular flexibility index (Phi) is 5.21. The minimum atomic E-state index is 0.613. The molecule has 0 aliphatic carbocycles. The highest BCUT2D eigenvalue weighted by Crippen LogP contribution is 2.25. The summed E-state index contributed by atoms with van der Waals surface area (Å²) in [5, 5.41) is 4.02. The Morgan fingerprint density at radius 3 is 2.60 bits per heavy atom. The van der Waals surface area contributed by atoms with Gasteiger partial charge in [-0.05, 0) is 17.7 Å². The molecule has 0 aliphatic heterocycles. The second-order valence-corrected chi connectivity index (χ2v) is 4.64. The summed E-state index contributed by atoms with van der Waals surface area (Å²) in [5.41, 5.74) is 2.04. The number of nitrogens with zero attached hydrogens (tertiary/aromatic N) is 1. The van der Waals surface area contributed by atoms with Gasteiger partial charge in [-0.15, -0.1) is 0 Å². The number of nitrogens with one attached hydrogen (secondary N) is 1. The fraction of sp³-hybridized carbons (Fsp3) is 0.267. The Balaban J connectivity index is 1.95. The van der Waals surface area contributed by atoms with Crippen LogP contribution < -0.4 is 14.8 Å². The molecular formula is C15H17ClN2O2. The molecule has 0 saturated heterocycles. The third-order valence-electron chi connectivity index (χ3n) is 2.93. The standard InChI is InChI=1S/C15H17ClN2O2/c1-19-14-5-3-4-13(16)12(14)10-17-8-11-6-7-15(20-2)18-9-11/h3-7,9,17H,8,10H2,1-2H3. The van der Waals surface area contributed by atoms with Crippen molar-refractivity contribution in [2.24, 2.45) is 0 Å². The zero-order valence-electron chi connectivity index (χ0n) is 11.5. The van der Waals surface area contributed by atoms with Crippen LogP contribution in [0.25, 0.3) is 0 Å². The van der Waals surface area contributed by atoms with Crippen molar-refractivity contribution in [3.8, 4) is 11.6 Å². The number of ether oxygens (including phenoxy) is 2. The number of hydrogen-bond donors (Lipinski definition) is 1. The van der Waals surface area contributed by atoms with Gasteiger partial charge in [0.15, 0.2) is 0 Å². The number of pyridine rings is 1. The molecule has 0 atom stereocenters. The Morgan fingerprint density at radius 1 is 1.10 bits per heavy atom. The molecule has 0 bridgehead atoms. The fourth-order valence-electron chi connectivity index (χ4n) is 1.87. The second-order valence-electron chi connectivity index (χ2n) is 4.23. The van der Waals surface area contributed by atoms with Crippen LogP contribution in [0, 0.1) is 0 Å². The van der Waals surface area contributed by atoms with Crippen molar-refractivity contribution in [3.05, 3.63) is 52.7 Å². The molecule has 0 amide bonds. The van der Waals surface area contributed by atoms with E-state index in [-0.39, 0.29) is 0 Å². The topological polar surface area (TPSA) is 43.4 Å². The lowest BCUT2D eigenvalue weighted by Crippen LogP contribution is -2.14. The first-order valence-electron chi connectivity index (χ1n) is 6.25. The van der Waals surface area contributed by atoms with Crippen molar-refractivity contribution < 1.29 is 9.47 Å². The van der Waals surface area contributed by atoms with Crippen LogP contribution in [-0.2, 0) is 13.1 Å². The van der Waals surface area contributed by atoms with E-state index in [1.807, 2.05) is 30.3 Å². The van der Waals surface area contributed by atoms with Gasteiger partial charge in [0.1, 0.15) is 5.75 Å². The predicted octanol–water partition coefficient (Wildman–Crippen LogP) is 3.04. The summed E-state index contributed by atoms with van der Waals surface area (Å²) in [5.74, 6) is 1.40. The van der Waals surface area contributed by atoms with Crippen LogP contribution in [0.2, 0.25) is 5.02 Å². The maximum Gasteiger partial charge on any atom is 0.212 e. The Labute approximate surface area is 123 Å². The van der Waals surface area contributed by atoms with E-state index in [2.05, 4.69) is 10.3 Å². The number of aromatic nitrogens is 1. The molecule has 1 aromatic heterocycles. The SMILES string of the molecule is COc1ccc(CNCc2c(Cl)cccc2OC)cn1. The number of benzene rings is 1. The minimum Gasteiger partial charge on any atom is -0.496 e. The highest BCUT2D eigenvalue weighted by molar-refractivity contribution is 6.31. The van der Waals surface area contributed by atoms with Crippen molar-refractivity contribution in [3.63, 3.8) is 0 Å². The Morgan fingerprint density at radius 2 is 1.95 bits per heavy atom. The third kappa shape index (κ3) is 3.62. The molecule has 0 spiro atoms. The summed E-state index contributed by atoms with van der Waals surface area (Å²) in [6.45, 7) is 1.33. The summed E-state index contributed by atoms with van der Waals surface area (Å²) >= 11 is 6.18. The summed E-state index contributed by atoms with van der Waals surface area (Å²) < 4.78 is 10.3. The highest BCUT2D eigenvalue weighted by Gasteiger charge is 2.06.